The second-order valence-corrected chi connectivity index (χ2v) is 6.53. The molecule has 148 valence electrons. The summed E-state index contributed by atoms with van der Waals surface area (Å²) >= 11 is 0. The third-order valence-corrected chi connectivity index (χ3v) is 4.62. The van der Waals surface area contributed by atoms with Crippen LogP contribution in [0.5, 0.6) is 0 Å². The largest absolute Gasteiger partial charge is 0.416 e. The number of amides is 1. The average Bonchev–Trinajstić information content (AvgIpc) is 3.01. The first-order valence-electron chi connectivity index (χ1n) is 8.57. The number of hydrogen-bond donors (Lipinski definition) is 2. The standard InChI is InChI=1S/C18H21F3N4O.ClH/c1-12-16(17(26)23-10-13-4-3-7-22-9-13)11-24-25(12)15-6-2-5-14(8-15)18(19,20)21;/h2,5-6,8,11,13,22H,3-4,7,9-10H2,1H3,(H,23,26);1H. The maximum Gasteiger partial charge on any atom is 0.416 e. The number of aromatic nitrogens is 2. The average molecular weight is 403 g/mol. The Labute approximate surface area is 161 Å². The number of nitrogens with zero attached hydrogens (tertiary/aromatic N) is 2. The lowest BCUT2D eigenvalue weighted by Gasteiger charge is -2.22. The molecular weight excluding hydrogens is 381 g/mol. The Bertz CT molecular complexity index is 785. The first-order chi connectivity index (χ1) is 12.4. The minimum atomic E-state index is -4.43. The molecule has 0 bridgehead atoms. The fourth-order valence-electron chi connectivity index (χ4n) is 3.14. The molecule has 2 N–H and O–H groups in total. The van der Waals surface area contributed by atoms with E-state index in [0.717, 1.165) is 38.1 Å². The summed E-state index contributed by atoms with van der Waals surface area (Å²) in [4.78, 5) is 12.4. The van der Waals surface area contributed by atoms with E-state index in [1.807, 2.05) is 0 Å². The van der Waals surface area contributed by atoms with E-state index in [0.29, 0.717) is 23.7 Å². The Morgan fingerprint density at radius 1 is 1.41 bits per heavy atom. The number of halogens is 4. The summed E-state index contributed by atoms with van der Waals surface area (Å²) in [6, 6.07) is 4.89. The monoisotopic (exact) mass is 402 g/mol. The molecule has 1 aliphatic rings. The van der Waals surface area contributed by atoms with Crippen LogP contribution in [0.4, 0.5) is 13.2 Å². The molecule has 0 saturated carbocycles. The Morgan fingerprint density at radius 2 is 2.19 bits per heavy atom. The van der Waals surface area contributed by atoms with Gasteiger partial charge in [-0.3, -0.25) is 4.79 Å². The Balaban J connectivity index is 0.00000261. The van der Waals surface area contributed by atoms with Gasteiger partial charge in [-0.15, -0.1) is 12.4 Å². The molecule has 9 heteroatoms. The van der Waals surface area contributed by atoms with E-state index < -0.39 is 11.7 Å². The van der Waals surface area contributed by atoms with Crippen LogP contribution < -0.4 is 10.6 Å². The van der Waals surface area contributed by atoms with Crippen molar-refractivity contribution in [3.8, 4) is 5.69 Å². The molecule has 1 saturated heterocycles. The van der Waals surface area contributed by atoms with Gasteiger partial charge in [-0.2, -0.15) is 18.3 Å². The quantitative estimate of drug-likeness (QED) is 0.824. The van der Waals surface area contributed by atoms with Crippen LogP contribution in [-0.2, 0) is 6.18 Å². The van der Waals surface area contributed by atoms with Crippen molar-refractivity contribution in [2.75, 3.05) is 19.6 Å². The predicted molar refractivity (Wildman–Crippen MR) is 98.5 cm³/mol. The summed E-state index contributed by atoms with van der Waals surface area (Å²) in [6.45, 7) is 4.13. The van der Waals surface area contributed by atoms with Gasteiger partial charge >= 0.3 is 6.18 Å². The summed E-state index contributed by atoms with van der Waals surface area (Å²) in [5.74, 6) is 0.137. The molecule has 0 radical (unpaired) electrons. The highest BCUT2D eigenvalue weighted by Gasteiger charge is 2.30. The zero-order valence-corrected chi connectivity index (χ0v) is 15.7. The van der Waals surface area contributed by atoms with Gasteiger partial charge in [0.25, 0.3) is 5.91 Å². The van der Waals surface area contributed by atoms with Gasteiger partial charge in [-0.1, -0.05) is 6.07 Å². The molecule has 2 heterocycles. The fourth-order valence-corrected chi connectivity index (χ4v) is 3.14. The fraction of sp³-hybridized carbons (Fsp3) is 0.444. The van der Waals surface area contributed by atoms with Gasteiger partial charge in [0.1, 0.15) is 0 Å². The molecule has 1 fully saturated rings. The lowest BCUT2D eigenvalue weighted by molar-refractivity contribution is -0.137. The number of carbonyl (C=O) groups excluding carboxylic acids is 1. The highest BCUT2D eigenvalue weighted by Crippen LogP contribution is 2.30. The molecule has 0 aliphatic carbocycles. The van der Waals surface area contributed by atoms with E-state index in [1.54, 1.807) is 6.92 Å². The van der Waals surface area contributed by atoms with Crippen molar-refractivity contribution in [2.45, 2.75) is 25.9 Å². The van der Waals surface area contributed by atoms with Crippen LogP contribution in [0.3, 0.4) is 0 Å². The van der Waals surface area contributed by atoms with Crippen LogP contribution in [0.15, 0.2) is 30.5 Å². The second kappa shape index (κ2) is 8.75. The smallest absolute Gasteiger partial charge is 0.352 e. The van der Waals surface area contributed by atoms with Gasteiger partial charge in [0.15, 0.2) is 0 Å². The minimum absolute atomic E-state index is 0. The Hall–Kier alpha value is -2.06. The van der Waals surface area contributed by atoms with E-state index in [2.05, 4.69) is 15.7 Å². The Morgan fingerprint density at radius 3 is 2.85 bits per heavy atom. The molecule has 1 aliphatic heterocycles. The first-order valence-corrected chi connectivity index (χ1v) is 8.57. The number of nitrogens with one attached hydrogen (secondary N) is 2. The van der Waals surface area contributed by atoms with Crippen LogP contribution in [0.25, 0.3) is 5.69 Å². The molecule has 2 aromatic rings. The van der Waals surface area contributed by atoms with E-state index in [9.17, 15) is 18.0 Å². The third-order valence-electron chi connectivity index (χ3n) is 4.62. The van der Waals surface area contributed by atoms with Crippen molar-refractivity contribution < 1.29 is 18.0 Å². The van der Waals surface area contributed by atoms with E-state index >= 15 is 0 Å². The highest BCUT2D eigenvalue weighted by molar-refractivity contribution is 5.95. The predicted octanol–water partition coefficient (Wildman–Crippen LogP) is 3.35. The number of rotatable bonds is 4. The van der Waals surface area contributed by atoms with Gasteiger partial charge in [-0.05, 0) is 57.0 Å². The molecule has 1 amide bonds. The van der Waals surface area contributed by atoms with Crippen LogP contribution in [0.1, 0.15) is 34.5 Å². The maximum absolute atomic E-state index is 12.9. The van der Waals surface area contributed by atoms with Gasteiger partial charge in [0.2, 0.25) is 0 Å². The molecule has 1 aromatic heterocycles. The molecular formula is C18H22ClF3N4O. The zero-order valence-electron chi connectivity index (χ0n) is 14.8. The number of hydrogen-bond acceptors (Lipinski definition) is 3. The van der Waals surface area contributed by atoms with Gasteiger partial charge in [0, 0.05) is 6.54 Å². The minimum Gasteiger partial charge on any atom is -0.352 e. The first kappa shape index (κ1) is 21.2. The molecule has 1 atom stereocenters. The SMILES string of the molecule is Cc1c(C(=O)NCC2CCCNC2)cnn1-c1cccc(C(F)(F)F)c1.Cl. The second-order valence-electron chi connectivity index (χ2n) is 6.53. The molecule has 27 heavy (non-hydrogen) atoms. The topological polar surface area (TPSA) is 59.0 Å². The number of piperidine rings is 1. The molecule has 0 spiro atoms. The summed E-state index contributed by atoms with van der Waals surface area (Å²) < 4.78 is 40.0. The number of benzene rings is 1. The summed E-state index contributed by atoms with van der Waals surface area (Å²) in [6.07, 6.45) is -0.877. The molecule has 5 nitrogen and oxygen atoms in total. The molecule has 1 aromatic carbocycles. The van der Waals surface area contributed by atoms with Crippen LogP contribution in [0.2, 0.25) is 0 Å². The highest BCUT2D eigenvalue weighted by atomic mass is 35.5. The zero-order chi connectivity index (χ0) is 18.7. The lowest BCUT2D eigenvalue weighted by atomic mass is 10.00. The summed E-state index contributed by atoms with van der Waals surface area (Å²) in [5, 5.41) is 10.3. The van der Waals surface area contributed by atoms with Gasteiger partial charge < -0.3 is 10.6 Å². The lowest BCUT2D eigenvalue weighted by Crippen LogP contribution is -2.38. The van der Waals surface area contributed by atoms with Crippen molar-refractivity contribution in [2.24, 2.45) is 5.92 Å². The summed E-state index contributed by atoms with van der Waals surface area (Å²) in [7, 11) is 0. The van der Waals surface area contributed by atoms with Crippen LogP contribution in [-0.4, -0.2) is 35.3 Å². The molecule has 1 unspecified atom stereocenters. The van der Waals surface area contributed by atoms with Gasteiger partial charge in [0.05, 0.1) is 28.7 Å². The van der Waals surface area contributed by atoms with E-state index in [1.165, 1.54) is 23.0 Å². The summed E-state index contributed by atoms with van der Waals surface area (Å²) in [5.41, 5.74) is 0.392. The van der Waals surface area contributed by atoms with Crippen LogP contribution in [0, 0.1) is 12.8 Å². The number of alkyl halides is 3. The van der Waals surface area contributed by atoms with Crippen molar-refractivity contribution in [1.82, 2.24) is 20.4 Å². The van der Waals surface area contributed by atoms with E-state index in [-0.39, 0.29) is 24.0 Å². The van der Waals surface area contributed by atoms with Crippen molar-refractivity contribution in [3.05, 3.63) is 47.3 Å². The third kappa shape index (κ3) is 5.01. The van der Waals surface area contributed by atoms with Crippen molar-refractivity contribution in [3.63, 3.8) is 0 Å². The Kier molecular flexibility index (Phi) is 6.89. The van der Waals surface area contributed by atoms with Gasteiger partial charge in [-0.25, -0.2) is 4.68 Å². The van der Waals surface area contributed by atoms with E-state index in [4.69, 9.17) is 0 Å². The molecule has 3 rings (SSSR count). The number of carbonyl (C=O) groups is 1. The van der Waals surface area contributed by atoms with Crippen molar-refractivity contribution in [1.29, 1.82) is 0 Å². The normalized spacial score (nSPS) is 17.3. The maximum atomic E-state index is 12.9. The van der Waals surface area contributed by atoms with Crippen molar-refractivity contribution >= 4 is 18.3 Å². The van der Waals surface area contributed by atoms with Crippen LogP contribution >= 0.6 is 12.4 Å².